The minimum absolute atomic E-state index is 0.0674. The van der Waals surface area contributed by atoms with E-state index in [4.69, 9.17) is 11.6 Å². The van der Waals surface area contributed by atoms with Crippen molar-refractivity contribution in [2.45, 2.75) is 19.9 Å². The number of carbonyl (C=O) groups excluding carboxylic acids is 1. The summed E-state index contributed by atoms with van der Waals surface area (Å²) in [7, 11) is -1.82. The first-order valence-corrected chi connectivity index (χ1v) is 10.4. The lowest BCUT2D eigenvalue weighted by Crippen LogP contribution is -2.35. The summed E-state index contributed by atoms with van der Waals surface area (Å²) in [6.45, 7) is 2.36. The summed E-state index contributed by atoms with van der Waals surface area (Å²) in [5.74, 6) is -0.123. The van der Waals surface area contributed by atoms with E-state index in [1.54, 1.807) is 30.1 Å². The van der Waals surface area contributed by atoms with Crippen LogP contribution < -0.4 is 4.31 Å². The van der Waals surface area contributed by atoms with Gasteiger partial charge in [-0.15, -0.1) is 0 Å². The van der Waals surface area contributed by atoms with Gasteiger partial charge in [-0.3, -0.25) is 9.10 Å². The van der Waals surface area contributed by atoms with Gasteiger partial charge in [0.15, 0.2) is 0 Å². The molecule has 0 atom stereocenters. The fourth-order valence-electron chi connectivity index (χ4n) is 2.65. The van der Waals surface area contributed by atoms with Gasteiger partial charge in [-0.25, -0.2) is 8.42 Å². The number of sulfonamides is 1. The van der Waals surface area contributed by atoms with Gasteiger partial charge in [0.25, 0.3) is 0 Å². The summed E-state index contributed by atoms with van der Waals surface area (Å²) in [5.41, 5.74) is 2.30. The van der Waals surface area contributed by atoms with E-state index >= 15 is 0 Å². The molecule has 2 aromatic carbocycles. The molecule has 140 valence electrons. The van der Waals surface area contributed by atoms with Gasteiger partial charge in [-0.1, -0.05) is 48.0 Å². The molecule has 7 heteroatoms. The Morgan fingerprint density at radius 1 is 1.12 bits per heavy atom. The minimum atomic E-state index is -3.53. The molecular weight excluding hydrogens is 372 g/mol. The molecule has 26 heavy (non-hydrogen) atoms. The molecule has 0 aromatic heterocycles. The third-order valence-electron chi connectivity index (χ3n) is 4.06. The lowest BCUT2D eigenvalue weighted by molar-refractivity contribution is -0.130. The predicted octanol–water partition coefficient (Wildman–Crippen LogP) is 3.46. The van der Waals surface area contributed by atoms with E-state index in [1.165, 1.54) is 4.31 Å². The third kappa shape index (κ3) is 5.47. The summed E-state index contributed by atoms with van der Waals surface area (Å²) in [4.78, 5) is 14.0. The first-order valence-electron chi connectivity index (χ1n) is 8.20. The highest BCUT2D eigenvalue weighted by atomic mass is 35.5. The molecule has 0 bridgehead atoms. The number of anilines is 1. The van der Waals surface area contributed by atoms with E-state index in [2.05, 4.69) is 0 Å². The van der Waals surface area contributed by atoms with Crippen LogP contribution in [-0.4, -0.2) is 39.1 Å². The first-order chi connectivity index (χ1) is 12.2. The highest BCUT2D eigenvalue weighted by Crippen LogP contribution is 2.26. The van der Waals surface area contributed by atoms with Gasteiger partial charge < -0.3 is 4.90 Å². The van der Waals surface area contributed by atoms with Gasteiger partial charge in [0, 0.05) is 31.6 Å². The maximum atomic E-state index is 12.4. The van der Waals surface area contributed by atoms with Crippen LogP contribution in [0, 0.1) is 6.92 Å². The van der Waals surface area contributed by atoms with Crippen molar-refractivity contribution in [3.05, 3.63) is 64.7 Å². The Kier molecular flexibility index (Phi) is 6.67. The summed E-state index contributed by atoms with van der Waals surface area (Å²) < 4.78 is 25.7. The maximum Gasteiger partial charge on any atom is 0.232 e. The van der Waals surface area contributed by atoms with Crippen molar-refractivity contribution in [1.82, 2.24) is 4.90 Å². The molecule has 0 spiro atoms. The second-order valence-corrected chi connectivity index (χ2v) is 8.59. The minimum Gasteiger partial charge on any atom is -0.341 e. The highest BCUT2D eigenvalue weighted by Gasteiger charge is 2.21. The van der Waals surface area contributed by atoms with Crippen LogP contribution in [0.3, 0.4) is 0 Å². The fourth-order valence-corrected chi connectivity index (χ4v) is 3.79. The quantitative estimate of drug-likeness (QED) is 0.722. The van der Waals surface area contributed by atoms with Gasteiger partial charge in [-0.05, 0) is 30.2 Å². The highest BCUT2D eigenvalue weighted by molar-refractivity contribution is 7.92. The monoisotopic (exact) mass is 394 g/mol. The molecule has 0 aliphatic rings. The molecule has 0 unspecified atom stereocenters. The smallest absolute Gasteiger partial charge is 0.232 e. The fraction of sp³-hybridized carbons (Fsp3) is 0.316. The largest absolute Gasteiger partial charge is 0.341 e. The molecule has 0 heterocycles. The number of hydrogen-bond donors (Lipinski definition) is 0. The van der Waals surface area contributed by atoms with Crippen LogP contribution in [0.5, 0.6) is 0 Å². The van der Waals surface area contributed by atoms with Crippen molar-refractivity contribution in [3.63, 3.8) is 0 Å². The topological polar surface area (TPSA) is 57.7 Å². The van der Waals surface area contributed by atoms with Crippen molar-refractivity contribution >= 4 is 33.2 Å². The van der Waals surface area contributed by atoms with Crippen molar-refractivity contribution in [3.8, 4) is 0 Å². The van der Waals surface area contributed by atoms with Crippen molar-refractivity contribution in [2.75, 3.05) is 24.2 Å². The zero-order chi connectivity index (χ0) is 19.3. The van der Waals surface area contributed by atoms with Crippen molar-refractivity contribution in [2.24, 2.45) is 0 Å². The Bertz CT molecular complexity index is 870. The lowest BCUT2D eigenvalue weighted by Gasteiger charge is -2.25. The van der Waals surface area contributed by atoms with Crippen LogP contribution >= 0.6 is 11.6 Å². The molecule has 0 saturated carbocycles. The van der Waals surface area contributed by atoms with Crippen molar-refractivity contribution < 1.29 is 13.2 Å². The first kappa shape index (κ1) is 20.3. The number of aryl methyl sites for hydroxylation is 1. The second-order valence-electron chi connectivity index (χ2n) is 6.25. The normalized spacial score (nSPS) is 11.2. The number of amides is 1. The molecule has 2 aromatic rings. The summed E-state index contributed by atoms with van der Waals surface area (Å²) in [5, 5.41) is 0.451. The van der Waals surface area contributed by atoms with Crippen LogP contribution in [0.4, 0.5) is 5.69 Å². The zero-order valence-electron chi connectivity index (χ0n) is 15.1. The van der Waals surface area contributed by atoms with E-state index < -0.39 is 10.0 Å². The Morgan fingerprint density at radius 2 is 1.77 bits per heavy atom. The molecule has 2 rings (SSSR count). The van der Waals surface area contributed by atoms with E-state index in [-0.39, 0.29) is 18.9 Å². The van der Waals surface area contributed by atoms with Crippen molar-refractivity contribution in [1.29, 1.82) is 0 Å². The molecule has 0 aliphatic carbocycles. The average molecular weight is 395 g/mol. The standard InChI is InChI=1S/C19H23ClN2O3S/c1-15-9-10-17(20)13-18(15)22(26(3,24)25)12-11-19(23)21(2)14-16-7-5-4-6-8-16/h4-10,13H,11-12,14H2,1-3H3. The number of nitrogens with zero attached hydrogens (tertiary/aromatic N) is 2. The Morgan fingerprint density at radius 3 is 2.38 bits per heavy atom. The van der Waals surface area contributed by atoms with Gasteiger partial charge in [0.1, 0.15) is 0 Å². The Balaban J connectivity index is 2.10. The molecule has 0 radical (unpaired) electrons. The second kappa shape index (κ2) is 8.56. The number of carbonyl (C=O) groups is 1. The molecule has 0 aliphatic heterocycles. The van der Waals surface area contributed by atoms with Gasteiger partial charge in [0.2, 0.25) is 15.9 Å². The van der Waals surface area contributed by atoms with Crippen LogP contribution in [0.15, 0.2) is 48.5 Å². The SMILES string of the molecule is Cc1ccc(Cl)cc1N(CCC(=O)N(C)Cc1ccccc1)S(C)(=O)=O. The molecule has 0 fully saturated rings. The van der Waals surface area contributed by atoms with Gasteiger partial charge >= 0.3 is 0 Å². The van der Waals surface area contributed by atoms with Crippen LogP contribution in [-0.2, 0) is 21.4 Å². The molecule has 5 nitrogen and oxygen atoms in total. The summed E-state index contributed by atoms with van der Waals surface area (Å²) in [6.07, 6.45) is 1.22. The summed E-state index contributed by atoms with van der Waals surface area (Å²) in [6, 6.07) is 14.7. The van der Waals surface area contributed by atoms with Crippen LogP contribution in [0.2, 0.25) is 5.02 Å². The van der Waals surface area contributed by atoms with Gasteiger partial charge in [0.05, 0.1) is 11.9 Å². The predicted molar refractivity (Wildman–Crippen MR) is 106 cm³/mol. The van der Waals surface area contributed by atoms with Crippen LogP contribution in [0.25, 0.3) is 0 Å². The van der Waals surface area contributed by atoms with E-state index in [1.807, 2.05) is 37.3 Å². The summed E-state index contributed by atoms with van der Waals surface area (Å²) >= 11 is 6.02. The Labute approximate surface area is 160 Å². The number of rotatable bonds is 7. The zero-order valence-corrected chi connectivity index (χ0v) is 16.7. The van der Waals surface area contributed by atoms with Crippen LogP contribution in [0.1, 0.15) is 17.5 Å². The molecule has 1 amide bonds. The molecular formula is C19H23ClN2O3S. The lowest BCUT2D eigenvalue weighted by atomic mass is 10.2. The van der Waals surface area contributed by atoms with E-state index in [0.717, 1.165) is 17.4 Å². The number of hydrogen-bond acceptors (Lipinski definition) is 3. The number of halogens is 1. The molecule has 0 saturated heterocycles. The number of benzene rings is 2. The Hall–Kier alpha value is -2.05. The molecule has 0 N–H and O–H groups in total. The third-order valence-corrected chi connectivity index (χ3v) is 5.47. The van der Waals surface area contributed by atoms with E-state index in [9.17, 15) is 13.2 Å². The average Bonchev–Trinajstić information content (AvgIpc) is 2.57. The maximum absolute atomic E-state index is 12.4. The van der Waals surface area contributed by atoms with Gasteiger partial charge in [-0.2, -0.15) is 0 Å². The van der Waals surface area contributed by atoms with E-state index in [0.29, 0.717) is 17.3 Å².